The van der Waals surface area contributed by atoms with Gasteiger partial charge in [0.25, 0.3) is 0 Å². The Morgan fingerprint density at radius 2 is 2.04 bits per heavy atom. The van der Waals surface area contributed by atoms with Crippen molar-refractivity contribution in [3.05, 3.63) is 42.2 Å². The minimum absolute atomic E-state index is 0.120. The Balaban J connectivity index is 1.78. The van der Waals surface area contributed by atoms with Crippen molar-refractivity contribution in [1.29, 1.82) is 0 Å². The average Bonchev–Trinajstić information content (AvgIpc) is 3.34. The van der Waals surface area contributed by atoms with Crippen LogP contribution in [0, 0.1) is 0 Å². The van der Waals surface area contributed by atoms with Crippen LogP contribution >= 0.6 is 0 Å². The van der Waals surface area contributed by atoms with Crippen molar-refractivity contribution < 1.29 is 14.3 Å². The number of carbonyl (C=O) groups is 1. The molecule has 1 aromatic heterocycles. The summed E-state index contributed by atoms with van der Waals surface area (Å²) in [7, 11) is 5.13. The molecule has 1 aromatic carbocycles. The maximum Gasteiger partial charge on any atom is 0.322 e. The molecule has 0 saturated heterocycles. The number of ether oxygens (including phenoxy) is 2. The second-order valence-electron chi connectivity index (χ2n) is 5.94. The summed E-state index contributed by atoms with van der Waals surface area (Å²) in [5.41, 5.74) is 1.72. The van der Waals surface area contributed by atoms with Crippen LogP contribution < -0.4 is 14.8 Å². The molecule has 1 aliphatic carbocycles. The van der Waals surface area contributed by atoms with E-state index >= 15 is 0 Å². The highest BCUT2D eigenvalue weighted by Crippen LogP contribution is 2.36. The Bertz CT molecular complexity index is 722. The fourth-order valence-corrected chi connectivity index (χ4v) is 2.76. The van der Waals surface area contributed by atoms with E-state index in [1.54, 1.807) is 20.3 Å². The van der Waals surface area contributed by atoms with Gasteiger partial charge in [-0.3, -0.25) is 0 Å². The van der Waals surface area contributed by atoms with Gasteiger partial charge in [-0.2, -0.15) is 0 Å². The Morgan fingerprint density at radius 1 is 1.25 bits per heavy atom. The molecule has 6 heteroatoms. The Hall–Kier alpha value is -2.63. The molecular formula is C18H23N3O3. The zero-order valence-corrected chi connectivity index (χ0v) is 14.3. The third kappa shape index (κ3) is 3.32. The Labute approximate surface area is 142 Å². The van der Waals surface area contributed by atoms with Crippen LogP contribution in [-0.4, -0.2) is 35.8 Å². The van der Waals surface area contributed by atoms with E-state index in [-0.39, 0.29) is 6.03 Å². The summed E-state index contributed by atoms with van der Waals surface area (Å²) in [6, 6.07) is 9.65. The van der Waals surface area contributed by atoms with E-state index in [0.717, 1.165) is 18.5 Å². The molecule has 0 spiro atoms. The molecule has 1 fully saturated rings. The minimum atomic E-state index is -0.120. The van der Waals surface area contributed by atoms with E-state index < -0.39 is 0 Å². The molecule has 0 bridgehead atoms. The van der Waals surface area contributed by atoms with Gasteiger partial charge in [0.15, 0.2) is 11.5 Å². The highest BCUT2D eigenvalue weighted by molar-refractivity contribution is 5.92. The Morgan fingerprint density at radius 3 is 2.62 bits per heavy atom. The summed E-state index contributed by atoms with van der Waals surface area (Å²) >= 11 is 0. The number of benzene rings is 1. The highest BCUT2D eigenvalue weighted by atomic mass is 16.5. The van der Waals surface area contributed by atoms with E-state index in [1.807, 2.05) is 47.0 Å². The molecule has 6 nitrogen and oxygen atoms in total. The van der Waals surface area contributed by atoms with Crippen molar-refractivity contribution in [2.75, 3.05) is 19.5 Å². The van der Waals surface area contributed by atoms with E-state index in [1.165, 1.54) is 0 Å². The molecule has 0 atom stereocenters. The van der Waals surface area contributed by atoms with E-state index in [4.69, 9.17) is 9.47 Å². The van der Waals surface area contributed by atoms with Crippen LogP contribution in [-0.2, 0) is 13.6 Å². The first-order valence-electron chi connectivity index (χ1n) is 8.03. The third-order valence-corrected chi connectivity index (χ3v) is 4.28. The summed E-state index contributed by atoms with van der Waals surface area (Å²) in [6.07, 6.45) is 4.09. The van der Waals surface area contributed by atoms with E-state index in [2.05, 4.69) is 5.32 Å². The predicted molar refractivity (Wildman–Crippen MR) is 92.5 cm³/mol. The molecule has 3 rings (SSSR count). The third-order valence-electron chi connectivity index (χ3n) is 4.28. The largest absolute Gasteiger partial charge is 0.493 e. The lowest BCUT2D eigenvalue weighted by atomic mass is 10.2. The van der Waals surface area contributed by atoms with Gasteiger partial charge in [-0.25, -0.2) is 4.79 Å². The molecule has 1 N–H and O–H groups in total. The summed E-state index contributed by atoms with van der Waals surface area (Å²) < 4.78 is 12.7. The standard InChI is InChI=1S/C18H23N3O3/c1-20-11-5-6-14(20)12-21(13-9-10-13)18(22)19-15-7-4-8-16(23-2)17(15)24-3/h4-8,11,13H,9-10,12H2,1-3H3,(H,19,22). The maximum absolute atomic E-state index is 12.8. The molecule has 2 aromatic rings. The van der Waals surface area contributed by atoms with Gasteiger partial charge >= 0.3 is 6.03 Å². The molecule has 0 unspecified atom stereocenters. The fraction of sp³-hybridized carbons (Fsp3) is 0.389. The number of urea groups is 1. The number of hydrogen-bond acceptors (Lipinski definition) is 3. The second-order valence-corrected chi connectivity index (χ2v) is 5.94. The van der Waals surface area contributed by atoms with Crippen LogP contribution in [0.3, 0.4) is 0 Å². The highest BCUT2D eigenvalue weighted by Gasteiger charge is 2.33. The van der Waals surface area contributed by atoms with Crippen LogP contribution in [0.2, 0.25) is 0 Å². The van der Waals surface area contributed by atoms with Crippen LogP contribution in [0.25, 0.3) is 0 Å². The molecular weight excluding hydrogens is 306 g/mol. The first-order valence-corrected chi connectivity index (χ1v) is 8.03. The normalized spacial score (nSPS) is 13.5. The smallest absolute Gasteiger partial charge is 0.322 e. The molecule has 128 valence electrons. The second kappa shape index (κ2) is 6.86. The van der Waals surface area contributed by atoms with E-state index in [0.29, 0.717) is 29.8 Å². The molecule has 0 radical (unpaired) electrons. The summed E-state index contributed by atoms with van der Waals surface area (Å²) in [6.45, 7) is 0.590. The van der Waals surface area contributed by atoms with Crippen LogP contribution in [0.5, 0.6) is 11.5 Å². The van der Waals surface area contributed by atoms with Gasteiger partial charge < -0.3 is 24.3 Å². The number of rotatable bonds is 6. The van der Waals surface area contributed by atoms with Gasteiger partial charge in [-0.15, -0.1) is 0 Å². The summed E-state index contributed by atoms with van der Waals surface area (Å²) in [4.78, 5) is 14.7. The molecule has 2 amide bonds. The first-order chi connectivity index (χ1) is 11.6. The van der Waals surface area contributed by atoms with Crippen molar-refractivity contribution in [2.24, 2.45) is 7.05 Å². The predicted octanol–water partition coefficient (Wildman–Crippen LogP) is 3.24. The molecule has 1 aliphatic rings. The van der Waals surface area contributed by atoms with Crippen LogP contribution in [0.4, 0.5) is 10.5 Å². The molecule has 1 saturated carbocycles. The zero-order chi connectivity index (χ0) is 17.1. The number of nitrogens with one attached hydrogen (secondary N) is 1. The lowest BCUT2D eigenvalue weighted by Crippen LogP contribution is -2.36. The number of aromatic nitrogens is 1. The van der Waals surface area contributed by atoms with Gasteiger partial charge in [-0.05, 0) is 37.1 Å². The fourth-order valence-electron chi connectivity index (χ4n) is 2.76. The van der Waals surface area contributed by atoms with Crippen LogP contribution in [0.1, 0.15) is 18.5 Å². The monoisotopic (exact) mass is 329 g/mol. The summed E-state index contributed by atoms with van der Waals surface area (Å²) in [5.74, 6) is 1.12. The number of para-hydroxylation sites is 1. The number of anilines is 1. The molecule has 24 heavy (non-hydrogen) atoms. The first kappa shape index (κ1) is 16.2. The van der Waals surface area contributed by atoms with Gasteiger partial charge in [0, 0.05) is 25.0 Å². The molecule has 0 aliphatic heterocycles. The lowest BCUT2D eigenvalue weighted by Gasteiger charge is -2.24. The van der Waals surface area contributed by atoms with Crippen molar-refractivity contribution in [1.82, 2.24) is 9.47 Å². The van der Waals surface area contributed by atoms with Crippen molar-refractivity contribution in [3.63, 3.8) is 0 Å². The average molecular weight is 329 g/mol. The lowest BCUT2D eigenvalue weighted by molar-refractivity contribution is 0.204. The van der Waals surface area contributed by atoms with Gasteiger partial charge in [0.1, 0.15) is 0 Å². The topological polar surface area (TPSA) is 55.7 Å². The van der Waals surface area contributed by atoms with Crippen molar-refractivity contribution in [2.45, 2.75) is 25.4 Å². The molecule has 1 heterocycles. The zero-order valence-electron chi connectivity index (χ0n) is 14.3. The quantitative estimate of drug-likeness (QED) is 0.885. The number of hydrogen-bond donors (Lipinski definition) is 1. The van der Waals surface area contributed by atoms with Crippen molar-refractivity contribution in [3.8, 4) is 11.5 Å². The minimum Gasteiger partial charge on any atom is -0.493 e. The van der Waals surface area contributed by atoms with Crippen molar-refractivity contribution >= 4 is 11.7 Å². The Kier molecular flexibility index (Phi) is 4.64. The number of nitrogens with zero attached hydrogens (tertiary/aromatic N) is 2. The SMILES string of the molecule is COc1cccc(NC(=O)N(Cc2cccn2C)C2CC2)c1OC. The summed E-state index contributed by atoms with van der Waals surface area (Å²) in [5, 5.41) is 2.96. The maximum atomic E-state index is 12.8. The number of carbonyl (C=O) groups excluding carboxylic acids is 1. The number of methoxy groups -OCH3 is 2. The number of aryl methyl sites for hydroxylation is 1. The number of amides is 2. The van der Waals surface area contributed by atoms with Gasteiger partial charge in [0.2, 0.25) is 0 Å². The van der Waals surface area contributed by atoms with Gasteiger partial charge in [0.05, 0.1) is 26.5 Å². The van der Waals surface area contributed by atoms with E-state index in [9.17, 15) is 4.79 Å². The van der Waals surface area contributed by atoms with Gasteiger partial charge in [-0.1, -0.05) is 6.07 Å². The van der Waals surface area contributed by atoms with Crippen LogP contribution in [0.15, 0.2) is 36.5 Å².